The summed E-state index contributed by atoms with van der Waals surface area (Å²) in [7, 11) is 0. The summed E-state index contributed by atoms with van der Waals surface area (Å²) in [4.78, 5) is 33.4. The van der Waals surface area contributed by atoms with E-state index in [4.69, 9.17) is 0 Å². The van der Waals surface area contributed by atoms with Crippen LogP contribution in [0.1, 0.15) is 48.9 Å². The van der Waals surface area contributed by atoms with E-state index in [0.717, 1.165) is 64.7 Å². The van der Waals surface area contributed by atoms with E-state index in [0.29, 0.717) is 17.6 Å². The van der Waals surface area contributed by atoms with Gasteiger partial charge in [-0.3, -0.25) is 19.5 Å². The van der Waals surface area contributed by atoms with Gasteiger partial charge in [-0.15, -0.1) is 0 Å². The summed E-state index contributed by atoms with van der Waals surface area (Å²) in [6, 6.07) is 4.57. The van der Waals surface area contributed by atoms with Gasteiger partial charge in [0.05, 0.1) is 11.5 Å². The maximum atomic E-state index is 12.6. The van der Waals surface area contributed by atoms with Gasteiger partial charge in [0.1, 0.15) is 0 Å². The van der Waals surface area contributed by atoms with Crippen LogP contribution in [0.3, 0.4) is 0 Å². The number of rotatable bonds is 4. The summed E-state index contributed by atoms with van der Waals surface area (Å²) in [5, 5.41) is 3.16. The lowest BCUT2D eigenvalue weighted by molar-refractivity contribution is -0.127. The highest BCUT2D eigenvalue weighted by Crippen LogP contribution is 2.26. The van der Waals surface area contributed by atoms with Crippen molar-refractivity contribution in [2.24, 2.45) is 5.92 Å². The Morgan fingerprint density at radius 3 is 2.58 bits per heavy atom. The number of hydrogen-bond donors (Lipinski definition) is 1. The first-order chi connectivity index (χ1) is 12.7. The molecule has 1 aromatic rings. The molecular weight excluding hydrogens is 328 g/mol. The second-order valence-corrected chi connectivity index (χ2v) is 7.88. The molecule has 2 saturated heterocycles. The fourth-order valence-electron chi connectivity index (χ4n) is 4.20. The maximum Gasteiger partial charge on any atom is 0.255 e. The number of piperidine rings is 2. The van der Waals surface area contributed by atoms with Crippen molar-refractivity contribution in [2.75, 3.05) is 26.2 Å². The number of nitrogens with zero attached hydrogens (tertiary/aromatic N) is 3. The van der Waals surface area contributed by atoms with Gasteiger partial charge in [0.25, 0.3) is 5.91 Å². The number of likely N-dealkylation sites (tertiary alicyclic amines) is 2. The van der Waals surface area contributed by atoms with Gasteiger partial charge in [-0.2, -0.15) is 0 Å². The van der Waals surface area contributed by atoms with Gasteiger partial charge >= 0.3 is 0 Å². The molecule has 3 heterocycles. The zero-order chi connectivity index (χ0) is 17.9. The highest BCUT2D eigenvalue weighted by Gasteiger charge is 2.34. The lowest BCUT2D eigenvalue weighted by Gasteiger charge is -2.42. The number of aromatic nitrogens is 1. The number of carbonyl (C=O) groups is 2. The van der Waals surface area contributed by atoms with Crippen LogP contribution in [-0.4, -0.2) is 64.9 Å². The number of nitrogens with one attached hydrogen (secondary N) is 1. The van der Waals surface area contributed by atoms with Crippen molar-refractivity contribution in [3.8, 4) is 0 Å². The van der Waals surface area contributed by atoms with Gasteiger partial charge in [-0.05, 0) is 57.2 Å². The third kappa shape index (κ3) is 4.06. The number of carbonyl (C=O) groups excluding carboxylic acids is 2. The molecule has 0 aromatic carbocycles. The first-order valence-electron chi connectivity index (χ1n) is 9.94. The molecule has 6 nitrogen and oxygen atoms in total. The molecule has 140 valence electrons. The van der Waals surface area contributed by atoms with Crippen LogP contribution in [0.2, 0.25) is 0 Å². The summed E-state index contributed by atoms with van der Waals surface area (Å²) >= 11 is 0. The topological polar surface area (TPSA) is 65.5 Å². The Morgan fingerprint density at radius 1 is 1.08 bits per heavy atom. The van der Waals surface area contributed by atoms with Crippen molar-refractivity contribution in [1.82, 2.24) is 20.1 Å². The number of hydrogen-bond acceptors (Lipinski definition) is 4. The van der Waals surface area contributed by atoms with E-state index in [9.17, 15) is 9.59 Å². The van der Waals surface area contributed by atoms with Crippen LogP contribution in [0.15, 0.2) is 24.5 Å². The number of amides is 2. The molecule has 3 aliphatic rings. The smallest absolute Gasteiger partial charge is 0.255 e. The minimum absolute atomic E-state index is 0.0804. The van der Waals surface area contributed by atoms with E-state index in [1.54, 1.807) is 18.5 Å². The van der Waals surface area contributed by atoms with E-state index in [1.165, 1.54) is 0 Å². The van der Waals surface area contributed by atoms with E-state index in [2.05, 4.69) is 15.2 Å². The van der Waals surface area contributed by atoms with Crippen molar-refractivity contribution in [1.29, 1.82) is 0 Å². The Labute approximate surface area is 155 Å². The lowest BCUT2D eigenvalue weighted by Crippen LogP contribution is -2.51. The summed E-state index contributed by atoms with van der Waals surface area (Å²) in [6.45, 7) is 3.52. The van der Waals surface area contributed by atoms with Gasteiger partial charge in [0, 0.05) is 44.1 Å². The summed E-state index contributed by atoms with van der Waals surface area (Å²) in [5.41, 5.74) is 0.667. The average Bonchev–Trinajstić information content (AvgIpc) is 3.52. The standard InChI is InChI=1S/C20H28N4O2/c25-19(22-17-5-6-17)16-4-2-10-24(14-16)18-7-11-23(12-8-18)20(26)15-3-1-9-21-13-15/h1,3,9,13,16-18H,2,4-8,10-12,14H2,(H,22,25). The second-order valence-electron chi connectivity index (χ2n) is 7.88. The monoisotopic (exact) mass is 356 g/mol. The summed E-state index contributed by atoms with van der Waals surface area (Å²) in [6.07, 6.45) is 9.70. The molecule has 1 aromatic heterocycles. The molecule has 1 atom stereocenters. The molecule has 0 spiro atoms. The van der Waals surface area contributed by atoms with Crippen LogP contribution in [0.4, 0.5) is 0 Å². The molecule has 6 heteroatoms. The zero-order valence-corrected chi connectivity index (χ0v) is 15.3. The first kappa shape index (κ1) is 17.5. The fraction of sp³-hybridized carbons (Fsp3) is 0.650. The van der Waals surface area contributed by atoms with Crippen molar-refractivity contribution in [2.45, 2.75) is 50.6 Å². The van der Waals surface area contributed by atoms with E-state index >= 15 is 0 Å². The van der Waals surface area contributed by atoms with Crippen LogP contribution in [0.25, 0.3) is 0 Å². The van der Waals surface area contributed by atoms with Crippen molar-refractivity contribution in [3.05, 3.63) is 30.1 Å². The predicted molar refractivity (Wildman–Crippen MR) is 98.6 cm³/mol. The lowest BCUT2D eigenvalue weighted by atomic mass is 9.93. The largest absolute Gasteiger partial charge is 0.353 e. The Morgan fingerprint density at radius 2 is 1.88 bits per heavy atom. The van der Waals surface area contributed by atoms with Gasteiger partial charge in [0.2, 0.25) is 5.91 Å². The Hall–Kier alpha value is -1.95. The quantitative estimate of drug-likeness (QED) is 0.891. The van der Waals surface area contributed by atoms with Crippen molar-refractivity contribution >= 4 is 11.8 Å². The Kier molecular flexibility index (Phi) is 5.20. The summed E-state index contributed by atoms with van der Waals surface area (Å²) in [5.74, 6) is 0.470. The van der Waals surface area contributed by atoms with E-state index in [-0.39, 0.29) is 17.7 Å². The second kappa shape index (κ2) is 7.74. The molecule has 26 heavy (non-hydrogen) atoms. The third-order valence-corrected chi connectivity index (χ3v) is 5.92. The Bertz CT molecular complexity index is 638. The highest BCUT2D eigenvalue weighted by molar-refractivity contribution is 5.93. The molecule has 0 radical (unpaired) electrons. The minimum Gasteiger partial charge on any atom is -0.353 e. The van der Waals surface area contributed by atoms with Gasteiger partial charge in [-0.25, -0.2) is 0 Å². The molecule has 1 unspecified atom stereocenters. The Balaban J connectivity index is 1.28. The predicted octanol–water partition coefficient (Wildman–Crippen LogP) is 1.68. The highest BCUT2D eigenvalue weighted by atomic mass is 16.2. The average molecular weight is 356 g/mol. The molecule has 1 N–H and O–H groups in total. The van der Waals surface area contributed by atoms with Crippen LogP contribution in [-0.2, 0) is 4.79 Å². The van der Waals surface area contributed by atoms with E-state index in [1.807, 2.05) is 11.0 Å². The molecule has 3 fully saturated rings. The zero-order valence-electron chi connectivity index (χ0n) is 15.3. The molecule has 4 rings (SSSR count). The first-order valence-corrected chi connectivity index (χ1v) is 9.94. The molecule has 2 aliphatic heterocycles. The SMILES string of the molecule is O=C(NC1CC1)C1CCCN(C2CCN(C(=O)c3cccnc3)CC2)C1. The van der Waals surface area contributed by atoms with Gasteiger partial charge in [-0.1, -0.05) is 0 Å². The third-order valence-electron chi connectivity index (χ3n) is 5.92. The molecule has 1 aliphatic carbocycles. The summed E-state index contributed by atoms with van der Waals surface area (Å²) < 4.78 is 0. The van der Waals surface area contributed by atoms with Gasteiger partial charge in [0.15, 0.2) is 0 Å². The fourth-order valence-corrected chi connectivity index (χ4v) is 4.20. The maximum absolute atomic E-state index is 12.6. The number of pyridine rings is 1. The molecule has 1 saturated carbocycles. The van der Waals surface area contributed by atoms with E-state index < -0.39 is 0 Å². The molecule has 0 bridgehead atoms. The molecule has 2 amide bonds. The van der Waals surface area contributed by atoms with Crippen LogP contribution in [0.5, 0.6) is 0 Å². The minimum atomic E-state index is 0.0804. The van der Waals surface area contributed by atoms with Crippen LogP contribution in [0, 0.1) is 5.92 Å². The van der Waals surface area contributed by atoms with Crippen molar-refractivity contribution in [3.63, 3.8) is 0 Å². The normalized spacial score (nSPS) is 25.1. The van der Waals surface area contributed by atoms with Gasteiger partial charge < -0.3 is 10.2 Å². The van der Waals surface area contributed by atoms with Crippen LogP contribution >= 0.6 is 0 Å². The molecular formula is C20H28N4O2. The van der Waals surface area contributed by atoms with Crippen LogP contribution < -0.4 is 5.32 Å². The van der Waals surface area contributed by atoms with Crippen molar-refractivity contribution < 1.29 is 9.59 Å².